The van der Waals surface area contributed by atoms with Gasteiger partial charge in [-0.2, -0.15) is 0 Å². The fourth-order valence-electron chi connectivity index (χ4n) is 4.14. The number of hydrogen-bond acceptors (Lipinski definition) is 8. The molecule has 0 unspecified atom stereocenters. The van der Waals surface area contributed by atoms with Gasteiger partial charge in [0.1, 0.15) is 4.90 Å². The second-order valence-electron chi connectivity index (χ2n) is 8.28. The predicted molar refractivity (Wildman–Crippen MR) is 117 cm³/mol. The Balaban J connectivity index is 1.54. The lowest BCUT2D eigenvalue weighted by molar-refractivity contribution is 0.0711. The third-order valence-electron chi connectivity index (χ3n) is 6.05. The molecule has 2 aromatic rings. The summed E-state index contributed by atoms with van der Waals surface area (Å²) in [5, 5.41) is 0. The second-order valence-corrected chi connectivity index (χ2v) is 10.3. The zero-order valence-electron chi connectivity index (χ0n) is 17.9. The van der Waals surface area contributed by atoms with E-state index in [0.29, 0.717) is 43.1 Å². The first-order chi connectivity index (χ1) is 14.8. The SMILES string of the molecule is CN1CCN(c2ncc(S(C)(=O)=O)c(C3CCN(C(=O)c4ccncc4)CC3)n2)CC1. The van der Waals surface area contributed by atoms with E-state index in [4.69, 9.17) is 4.98 Å². The zero-order valence-corrected chi connectivity index (χ0v) is 18.8. The van der Waals surface area contributed by atoms with Crippen LogP contribution < -0.4 is 4.90 Å². The molecule has 9 nitrogen and oxygen atoms in total. The third-order valence-corrected chi connectivity index (χ3v) is 7.17. The summed E-state index contributed by atoms with van der Waals surface area (Å²) in [7, 11) is -1.37. The molecule has 2 aliphatic rings. The number of carbonyl (C=O) groups excluding carboxylic acids is 1. The lowest BCUT2D eigenvalue weighted by Gasteiger charge is -2.34. The van der Waals surface area contributed by atoms with Crippen molar-refractivity contribution in [2.75, 3.05) is 57.5 Å². The smallest absolute Gasteiger partial charge is 0.253 e. The normalized spacial score (nSPS) is 18.9. The van der Waals surface area contributed by atoms with Gasteiger partial charge in [-0.3, -0.25) is 9.78 Å². The van der Waals surface area contributed by atoms with Crippen molar-refractivity contribution < 1.29 is 13.2 Å². The van der Waals surface area contributed by atoms with E-state index in [2.05, 4.69) is 26.8 Å². The number of carbonyl (C=O) groups is 1. The number of piperazine rings is 1. The molecule has 0 saturated carbocycles. The molecule has 31 heavy (non-hydrogen) atoms. The van der Waals surface area contributed by atoms with Crippen molar-refractivity contribution in [2.24, 2.45) is 0 Å². The maximum Gasteiger partial charge on any atom is 0.253 e. The van der Waals surface area contributed by atoms with Crippen molar-refractivity contribution in [1.82, 2.24) is 24.8 Å². The Morgan fingerprint density at radius 1 is 1.03 bits per heavy atom. The first-order valence-electron chi connectivity index (χ1n) is 10.5. The van der Waals surface area contributed by atoms with Crippen molar-refractivity contribution in [1.29, 1.82) is 0 Å². The van der Waals surface area contributed by atoms with Gasteiger partial charge in [0.05, 0.1) is 11.9 Å². The number of rotatable bonds is 4. The van der Waals surface area contributed by atoms with Crippen LogP contribution in [0.2, 0.25) is 0 Å². The summed E-state index contributed by atoms with van der Waals surface area (Å²) >= 11 is 0. The number of hydrogen-bond donors (Lipinski definition) is 0. The molecule has 4 rings (SSSR count). The van der Waals surface area contributed by atoms with Crippen LogP contribution in [0.4, 0.5) is 5.95 Å². The van der Waals surface area contributed by atoms with Crippen molar-refractivity contribution in [3.8, 4) is 0 Å². The number of aromatic nitrogens is 3. The Hall–Kier alpha value is -2.59. The Morgan fingerprint density at radius 3 is 2.29 bits per heavy atom. The highest BCUT2D eigenvalue weighted by molar-refractivity contribution is 7.90. The molecule has 2 fully saturated rings. The highest BCUT2D eigenvalue weighted by Gasteiger charge is 2.30. The largest absolute Gasteiger partial charge is 0.339 e. The Morgan fingerprint density at radius 2 is 1.68 bits per heavy atom. The van der Waals surface area contributed by atoms with Gasteiger partial charge in [0, 0.05) is 69.4 Å². The number of pyridine rings is 1. The van der Waals surface area contributed by atoms with Gasteiger partial charge in [-0.05, 0) is 32.0 Å². The van der Waals surface area contributed by atoms with E-state index in [0.717, 1.165) is 26.2 Å². The highest BCUT2D eigenvalue weighted by atomic mass is 32.2. The lowest BCUT2D eigenvalue weighted by atomic mass is 9.93. The van der Waals surface area contributed by atoms with Crippen LogP contribution in [0.25, 0.3) is 0 Å². The maximum absolute atomic E-state index is 12.7. The van der Waals surface area contributed by atoms with Crippen LogP contribution in [0.1, 0.15) is 34.8 Å². The second kappa shape index (κ2) is 8.88. The van der Waals surface area contributed by atoms with Gasteiger partial charge in [-0.15, -0.1) is 0 Å². The number of likely N-dealkylation sites (tertiary alicyclic amines) is 1. The number of anilines is 1. The molecular formula is C21H28N6O3S. The van der Waals surface area contributed by atoms with E-state index in [1.54, 1.807) is 24.5 Å². The van der Waals surface area contributed by atoms with Crippen LogP contribution in [0.15, 0.2) is 35.6 Å². The summed E-state index contributed by atoms with van der Waals surface area (Å²) in [4.78, 5) is 32.2. The molecule has 10 heteroatoms. The molecule has 166 valence electrons. The summed E-state index contributed by atoms with van der Waals surface area (Å²) in [6.07, 6.45) is 7.21. The first kappa shape index (κ1) is 21.6. The number of likely N-dealkylation sites (N-methyl/N-ethyl adjacent to an activating group) is 1. The topological polar surface area (TPSA) is 99.6 Å². The van der Waals surface area contributed by atoms with Gasteiger partial charge in [0.2, 0.25) is 5.95 Å². The van der Waals surface area contributed by atoms with E-state index in [1.807, 2.05) is 4.90 Å². The van der Waals surface area contributed by atoms with Gasteiger partial charge in [-0.25, -0.2) is 18.4 Å². The van der Waals surface area contributed by atoms with Crippen LogP contribution in [0, 0.1) is 0 Å². The molecule has 2 aliphatic heterocycles. The van der Waals surface area contributed by atoms with E-state index >= 15 is 0 Å². The van der Waals surface area contributed by atoms with E-state index in [9.17, 15) is 13.2 Å². The Bertz CT molecular complexity index is 1030. The van der Waals surface area contributed by atoms with E-state index in [-0.39, 0.29) is 16.7 Å². The molecular weight excluding hydrogens is 416 g/mol. The molecule has 2 aromatic heterocycles. The minimum Gasteiger partial charge on any atom is -0.339 e. The lowest BCUT2D eigenvalue weighted by Crippen LogP contribution is -2.45. The molecule has 1 amide bonds. The number of nitrogens with zero attached hydrogens (tertiary/aromatic N) is 6. The van der Waals surface area contributed by atoms with Crippen molar-refractivity contribution in [3.63, 3.8) is 0 Å². The molecule has 0 atom stereocenters. The van der Waals surface area contributed by atoms with Crippen molar-refractivity contribution >= 4 is 21.7 Å². The van der Waals surface area contributed by atoms with Crippen molar-refractivity contribution in [3.05, 3.63) is 42.0 Å². The molecule has 0 bridgehead atoms. The third kappa shape index (κ3) is 4.85. The van der Waals surface area contributed by atoms with Gasteiger partial charge in [-0.1, -0.05) is 0 Å². The molecule has 0 spiro atoms. The van der Waals surface area contributed by atoms with Crippen molar-refractivity contribution in [2.45, 2.75) is 23.7 Å². The standard InChI is InChI=1S/C21H28N6O3S/c1-25-11-13-27(14-12-25)21-23-15-18(31(2,29)30)19(24-21)16-5-9-26(10-6-16)20(28)17-3-7-22-8-4-17/h3-4,7-8,15-16H,5-6,9-14H2,1-2H3. The Labute approximate surface area is 183 Å². The fraction of sp³-hybridized carbons (Fsp3) is 0.524. The highest BCUT2D eigenvalue weighted by Crippen LogP contribution is 2.32. The fourth-order valence-corrected chi connectivity index (χ4v) is 4.98. The molecule has 0 radical (unpaired) electrons. The minimum absolute atomic E-state index is 0.0231. The predicted octanol–water partition coefficient (Wildman–Crippen LogP) is 1.05. The summed E-state index contributed by atoms with van der Waals surface area (Å²) in [5.41, 5.74) is 1.20. The average Bonchev–Trinajstić information content (AvgIpc) is 2.79. The molecule has 0 aliphatic carbocycles. The molecule has 0 N–H and O–H groups in total. The average molecular weight is 445 g/mol. The first-order valence-corrected chi connectivity index (χ1v) is 12.4. The van der Waals surface area contributed by atoms with Crippen LogP contribution in [-0.4, -0.2) is 91.6 Å². The zero-order chi connectivity index (χ0) is 22.0. The summed E-state index contributed by atoms with van der Waals surface area (Å²) in [5.74, 6) is 0.538. The van der Waals surface area contributed by atoms with Crippen LogP contribution in [0.3, 0.4) is 0 Å². The van der Waals surface area contributed by atoms with Gasteiger partial charge in [0.25, 0.3) is 5.91 Å². The summed E-state index contributed by atoms with van der Waals surface area (Å²) in [6, 6.07) is 3.42. The summed E-state index contributed by atoms with van der Waals surface area (Å²) in [6.45, 7) is 4.58. The number of piperidine rings is 1. The Kier molecular flexibility index (Phi) is 6.19. The number of amides is 1. The molecule has 0 aromatic carbocycles. The number of sulfone groups is 1. The molecule has 4 heterocycles. The van der Waals surface area contributed by atoms with Gasteiger partial charge < -0.3 is 14.7 Å². The summed E-state index contributed by atoms with van der Waals surface area (Å²) < 4.78 is 24.8. The monoisotopic (exact) mass is 444 g/mol. The van der Waals surface area contributed by atoms with E-state index in [1.165, 1.54) is 12.5 Å². The van der Waals surface area contributed by atoms with Crippen LogP contribution >= 0.6 is 0 Å². The van der Waals surface area contributed by atoms with Gasteiger partial charge in [0.15, 0.2) is 9.84 Å². The minimum atomic E-state index is -3.45. The quantitative estimate of drug-likeness (QED) is 0.690. The maximum atomic E-state index is 12.7. The van der Waals surface area contributed by atoms with Crippen LogP contribution in [-0.2, 0) is 9.84 Å². The van der Waals surface area contributed by atoms with E-state index < -0.39 is 9.84 Å². The molecule has 2 saturated heterocycles. The van der Waals surface area contributed by atoms with Gasteiger partial charge >= 0.3 is 0 Å². The van der Waals surface area contributed by atoms with Crippen LogP contribution in [0.5, 0.6) is 0 Å².